The van der Waals surface area contributed by atoms with Gasteiger partial charge in [-0.15, -0.1) is 11.3 Å². The van der Waals surface area contributed by atoms with Gasteiger partial charge < -0.3 is 36.6 Å². The van der Waals surface area contributed by atoms with Crippen LogP contribution in [-0.4, -0.2) is 65.9 Å². The first-order valence-electron chi connectivity index (χ1n) is 12.5. The average Bonchev–Trinajstić information content (AvgIpc) is 3.29. The van der Waals surface area contributed by atoms with Gasteiger partial charge in [0.25, 0.3) is 0 Å². The third-order valence-corrected chi connectivity index (χ3v) is 7.60. The number of thiophene rings is 1. The Morgan fingerprint density at radius 2 is 2.16 bits per heavy atom. The maximum absolute atomic E-state index is 10.2. The molecule has 1 aliphatic heterocycles. The van der Waals surface area contributed by atoms with Crippen LogP contribution in [0.15, 0.2) is 18.5 Å². The van der Waals surface area contributed by atoms with Gasteiger partial charge >= 0.3 is 0 Å². The number of morpholine rings is 1. The number of carbonyl (C=O) groups excluding carboxylic acids is 1. The van der Waals surface area contributed by atoms with E-state index in [1.54, 1.807) is 28.6 Å². The fourth-order valence-corrected chi connectivity index (χ4v) is 5.61. The van der Waals surface area contributed by atoms with Crippen molar-refractivity contribution >= 4 is 51.4 Å². The van der Waals surface area contributed by atoms with Crippen LogP contribution in [0.4, 0.5) is 17.2 Å². The summed E-state index contributed by atoms with van der Waals surface area (Å²) in [5.41, 5.74) is 15.1. The van der Waals surface area contributed by atoms with E-state index in [-0.39, 0.29) is 12.1 Å². The first-order chi connectivity index (χ1) is 17.9. The van der Waals surface area contributed by atoms with Crippen LogP contribution >= 0.6 is 11.3 Å². The van der Waals surface area contributed by atoms with Gasteiger partial charge in [-0.25, -0.2) is 9.97 Å². The zero-order valence-corrected chi connectivity index (χ0v) is 22.1. The molecule has 2 aromatic heterocycles. The Labute approximate surface area is 220 Å². The number of fused-ring (bicyclic) bond motifs is 3. The molecule has 5 rings (SSSR count). The van der Waals surface area contributed by atoms with Gasteiger partial charge in [0.15, 0.2) is 0 Å². The summed E-state index contributed by atoms with van der Waals surface area (Å²) in [6.07, 6.45) is 8.29. The summed E-state index contributed by atoms with van der Waals surface area (Å²) in [5.74, 6) is 1.35. The standard InChI is InChI=1S/C20H24N6OS.C6H11NO2/c1-11(22)9-27-16-7-14(23)12(8-21)6-15(16)26-19-18-13-4-2-3-5-17(13)28-20(18)25-10-24-19;1-6-4-9-3-2-7(6)5-8/h6-8,10-11,21H,2-5,9,22-23H2,1H3,(H,24,25,26);5-6H,2-4H2,1H3. The number of carbonyl (C=O) groups is 1. The molecule has 0 radical (unpaired) electrons. The van der Waals surface area contributed by atoms with Crippen molar-refractivity contribution in [1.82, 2.24) is 14.9 Å². The van der Waals surface area contributed by atoms with Crippen molar-refractivity contribution in [2.45, 2.75) is 51.6 Å². The van der Waals surface area contributed by atoms with Crippen molar-refractivity contribution in [3.05, 3.63) is 34.5 Å². The number of rotatable bonds is 7. The van der Waals surface area contributed by atoms with Crippen LogP contribution < -0.4 is 21.5 Å². The SMILES string of the molecule is CC(N)COc1cc(N)c(C=N)cc1Nc1ncnc2sc3c(c12)CCCC3.CC1COCCN1C=O. The van der Waals surface area contributed by atoms with Gasteiger partial charge in [-0.1, -0.05) is 0 Å². The number of aromatic nitrogens is 2. The molecular formula is C26H35N7O3S. The zero-order valence-electron chi connectivity index (χ0n) is 21.3. The summed E-state index contributed by atoms with van der Waals surface area (Å²) in [6, 6.07) is 3.69. The number of amides is 1. The molecule has 0 spiro atoms. The Kier molecular flexibility index (Phi) is 8.91. The van der Waals surface area contributed by atoms with Crippen LogP contribution in [0.1, 0.15) is 42.7 Å². The quantitative estimate of drug-likeness (QED) is 0.208. The van der Waals surface area contributed by atoms with Crippen LogP contribution in [0.2, 0.25) is 0 Å². The van der Waals surface area contributed by atoms with Crippen molar-refractivity contribution in [3.8, 4) is 5.75 Å². The summed E-state index contributed by atoms with van der Waals surface area (Å²) in [7, 11) is 0. The highest BCUT2D eigenvalue weighted by molar-refractivity contribution is 7.19. The van der Waals surface area contributed by atoms with Gasteiger partial charge in [-0.3, -0.25) is 4.79 Å². The number of hydrogen-bond acceptors (Lipinski definition) is 10. The van der Waals surface area contributed by atoms with Gasteiger partial charge in [-0.05, 0) is 51.2 Å². The van der Waals surface area contributed by atoms with Crippen molar-refractivity contribution in [2.24, 2.45) is 5.73 Å². The van der Waals surface area contributed by atoms with E-state index in [0.717, 1.165) is 41.8 Å². The molecule has 0 saturated carbocycles. The first kappa shape index (κ1) is 26.8. The lowest BCUT2D eigenvalue weighted by atomic mass is 9.97. The molecular weight excluding hydrogens is 490 g/mol. The molecule has 1 saturated heterocycles. The number of ether oxygens (including phenoxy) is 2. The molecule has 37 heavy (non-hydrogen) atoms. The Bertz CT molecular complexity index is 1250. The van der Waals surface area contributed by atoms with Gasteiger partial charge in [0.05, 0.1) is 30.3 Å². The molecule has 198 valence electrons. The van der Waals surface area contributed by atoms with Crippen molar-refractivity contribution in [1.29, 1.82) is 5.41 Å². The second-order valence-electron chi connectivity index (χ2n) is 9.42. The molecule has 1 fully saturated rings. The lowest BCUT2D eigenvalue weighted by molar-refractivity contribution is -0.125. The molecule has 3 aromatic rings. The third-order valence-electron chi connectivity index (χ3n) is 6.40. The summed E-state index contributed by atoms with van der Waals surface area (Å²) in [6.45, 7) is 6.33. The maximum Gasteiger partial charge on any atom is 0.210 e. The fraction of sp³-hybridized carbons (Fsp3) is 0.462. The van der Waals surface area contributed by atoms with Crippen LogP contribution in [-0.2, 0) is 22.4 Å². The third kappa shape index (κ3) is 6.35. The summed E-state index contributed by atoms with van der Waals surface area (Å²) < 4.78 is 11.0. The molecule has 2 aliphatic rings. The summed E-state index contributed by atoms with van der Waals surface area (Å²) >= 11 is 1.76. The number of hydrogen-bond donors (Lipinski definition) is 4. The highest BCUT2D eigenvalue weighted by Crippen LogP contribution is 2.40. The molecule has 3 heterocycles. The monoisotopic (exact) mass is 525 g/mol. The largest absolute Gasteiger partial charge is 0.490 e. The Morgan fingerprint density at radius 1 is 1.35 bits per heavy atom. The van der Waals surface area contributed by atoms with E-state index in [4.69, 9.17) is 26.4 Å². The van der Waals surface area contributed by atoms with Gasteiger partial charge in [0.2, 0.25) is 6.41 Å². The van der Waals surface area contributed by atoms with Crippen LogP contribution in [0.5, 0.6) is 5.75 Å². The normalized spacial score (nSPS) is 17.8. The molecule has 1 aliphatic carbocycles. The molecule has 1 amide bonds. The highest BCUT2D eigenvalue weighted by Gasteiger charge is 2.21. The van der Waals surface area contributed by atoms with E-state index in [0.29, 0.717) is 42.5 Å². The minimum atomic E-state index is -0.105. The lowest BCUT2D eigenvalue weighted by Crippen LogP contribution is -2.42. The summed E-state index contributed by atoms with van der Waals surface area (Å²) in [4.78, 5) is 23.4. The molecule has 2 unspecified atom stereocenters. The smallest absolute Gasteiger partial charge is 0.210 e. The number of nitrogens with zero attached hydrogens (tertiary/aromatic N) is 3. The van der Waals surface area contributed by atoms with Gasteiger partial charge in [0.1, 0.15) is 29.3 Å². The predicted molar refractivity (Wildman–Crippen MR) is 148 cm³/mol. The van der Waals surface area contributed by atoms with Crippen molar-refractivity contribution in [2.75, 3.05) is 37.4 Å². The number of benzene rings is 1. The van der Waals surface area contributed by atoms with Crippen LogP contribution in [0.25, 0.3) is 10.2 Å². The second-order valence-corrected chi connectivity index (χ2v) is 10.5. The zero-order chi connectivity index (χ0) is 26.4. The second kappa shape index (κ2) is 12.3. The predicted octanol–water partition coefficient (Wildman–Crippen LogP) is 3.48. The van der Waals surface area contributed by atoms with E-state index >= 15 is 0 Å². The Hall–Kier alpha value is -3.28. The first-order valence-corrected chi connectivity index (χ1v) is 13.4. The molecule has 1 aromatic carbocycles. The Balaban J connectivity index is 0.000000301. The topological polar surface area (TPSA) is 152 Å². The number of nitrogens with one attached hydrogen (secondary N) is 2. The number of anilines is 3. The number of nitrogens with two attached hydrogens (primary N) is 2. The van der Waals surface area contributed by atoms with E-state index in [2.05, 4.69) is 15.3 Å². The van der Waals surface area contributed by atoms with E-state index in [1.165, 1.54) is 29.5 Å². The van der Waals surface area contributed by atoms with E-state index in [1.807, 2.05) is 19.9 Å². The maximum atomic E-state index is 10.2. The molecule has 10 nitrogen and oxygen atoms in total. The molecule has 0 bridgehead atoms. The summed E-state index contributed by atoms with van der Waals surface area (Å²) in [5, 5.41) is 12.1. The fourth-order valence-electron chi connectivity index (χ4n) is 4.38. The molecule has 6 N–H and O–H groups in total. The van der Waals surface area contributed by atoms with Gasteiger partial charge in [-0.2, -0.15) is 0 Å². The minimum absolute atomic E-state index is 0.105. The van der Waals surface area contributed by atoms with E-state index < -0.39 is 0 Å². The number of aryl methyl sites for hydroxylation is 2. The minimum Gasteiger partial charge on any atom is -0.490 e. The Morgan fingerprint density at radius 3 is 2.86 bits per heavy atom. The average molecular weight is 526 g/mol. The van der Waals surface area contributed by atoms with Crippen molar-refractivity contribution < 1.29 is 14.3 Å². The van der Waals surface area contributed by atoms with Crippen LogP contribution in [0.3, 0.4) is 0 Å². The number of nitrogen functional groups attached to an aromatic ring is 1. The molecule has 2 atom stereocenters. The van der Waals surface area contributed by atoms with Crippen molar-refractivity contribution in [3.63, 3.8) is 0 Å². The lowest BCUT2D eigenvalue weighted by Gasteiger charge is -2.29. The van der Waals surface area contributed by atoms with Gasteiger partial charge in [0, 0.05) is 41.0 Å². The van der Waals surface area contributed by atoms with Crippen LogP contribution in [0, 0.1) is 5.41 Å². The molecule has 11 heteroatoms. The van der Waals surface area contributed by atoms with E-state index in [9.17, 15) is 4.79 Å². The highest BCUT2D eigenvalue weighted by atomic mass is 32.1.